The summed E-state index contributed by atoms with van der Waals surface area (Å²) in [6.45, 7) is 3.63. The number of rotatable bonds is 8. The third-order valence-electron chi connectivity index (χ3n) is 4.01. The second-order valence-electron chi connectivity index (χ2n) is 6.29. The van der Waals surface area contributed by atoms with Gasteiger partial charge in [0.05, 0.1) is 10.6 Å². The Bertz CT molecular complexity index is 946. The van der Waals surface area contributed by atoms with Gasteiger partial charge in [-0.05, 0) is 43.2 Å². The predicted octanol–water partition coefficient (Wildman–Crippen LogP) is 2.57. The zero-order valence-corrected chi connectivity index (χ0v) is 16.5. The number of sulfonamides is 1. The van der Waals surface area contributed by atoms with Crippen molar-refractivity contribution < 1.29 is 18.0 Å². The van der Waals surface area contributed by atoms with Crippen LogP contribution in [0.3, 0.4) is 0 Å². The monoisotopic (exact) mass is 404 g/mol. The minimum Gasteiger partial charge on any atom is -0.352 e. The third kappa shape index (κ3) is 5.71. The molecule has 0 aliphatic heterocycles. The fraction of sp³-hybridized carbons (Fsp3) is 0.263. The molecule has 150 valence electrons. The van der Waals surface area contributed by atoms with Gasteiger partial charge in [-0.3, -0.25) is 9.52 Å². The molecule has 3 amide bonds. The Morgan fingerprint density at radius 1 is 1.11 bits per heavy atom. The summed E-state index contributed by atoms with van der Waals surface area (Å²) in [6.07, 6.45) is 1.10. The van der Waals surface area contributed by atoms with Crippen molar-refractivity contribution in [2.45, 2.75) is 37.6 Å². The summed E-state index contributed by atoms with van der Waals surface area (Å²) >= 11 is 0. The first-order valence-corrected chi connectivity index (χ1v) is 10.3. The highest BCUT2D eigenvalue weighted by molar-refractivity contribution is 7.92. The van der Waals surface area contributed by atoms with Crippen molar-refractivity contribution in [3.05, 3.63) is 54.1 Å². The molecular weight excluding hydrogens is 380 g/mol. The molecule has 0 radical (unpaired) electrons. The third-order valence-corrected chi connectivity index (χ3v) is 5.39. The van der Waals surface area contributed by atoms with Crippen molar-refractivity contribution in [1.82, 2.24) is 5.32 Å². The maximum atomic E-state index is 12.5. The van der Waals surface area contributed by atoms with Gasteiger partial charge in [-0.2, -0.15) is 0 Å². The molecule has 0 fully saturated rings. The Morgan fingerprint density at radius 3 is 2.39 bits per heavy atom. The van der Waals surface area contributed by atoms with Gasteiger partial charge in [0.15, 0.2) is 0 Å². The van der Waals surface area contributed by atoms with Crippen molar-refractivity contribution in [1.29, 1.82) is 0 Å². The summed E-state index contributed by atoms with van der Waals surface area (Å²) in [5, 5.41) is 5.08. The van der Waals surface area contributed by atoms with Crippen LogP contribution in [0.2, 0.25) is 0 Å². The molecule has 0 heterocycles. The zero-order chi connectivity index (χ0) is 20.7. The van der Waals surface area contributed by atoms with Gasteiger partial charge in [-0.15, -0.1) is 0 Å². The molecule has 5 N–H and O–H groups in total. The summed E-state index contributed by atoms with van der Waals surface area (Å²) in [5.41, 5.74) is 6.55. The van der Waals surface area contributed by atoms with Crippen LogP contribution in [0.4, 0.5) is 16.2 Å². The van der Waals surface area contributed by atoms with Crippen molar-refractivity contribution >= 4 is 33.3 Å². The number of carbonyl (C=O) groups is 2. The molecule has 0 aliphatic rings. The maximum absolute atomic E-state index is 12.5. The number of anilines is 2. The highest BCUT2D eigenvalue weighted by Crippen LogP contribution is 2.24. The van der Waals surface area contributed by atoms with Crippen LogP contribution in [0.15, 0.2) is 53.4 Å². The van der Waals surface area contributed by atoms with Gasteiger partial charge in [0, 0.05) is 5.69 Å². The summed E-state index contributed by atoms with van der Waals surface area (Å²) in [7, 11) is -3.76. The van der Waals surface area contributed by atoms with Gasteiger partial charge in [0.1, 0.15) is 6.04 Å². The number of primary amides is 1. The summed E-state index contributed by atoms with van der Waals surface area (Å²) in [4.78, 5) is 23.6. The number of nitrogens with one attached hydrogen (secondary N) is 3. The van der Waals surface area contributed by atoms with E-state index in [2.05, 4.69) is 15.4 Å². The highest BCUT2D eigenvalue weighted by Gasteiger charge is 2.20. The summed E-state index contributed by atoms with van der Waals surface area (Å²) in [6, 6.07) is 11.3. The Kier molecular flexibility index (Phi) is 7.00. The van der Waals surface area contributed by atoms with Crippen LogP contribution in [0, 0.1) is 6.92 Å². The van der Waals surface area contributed by atoms with E-state index in [1.165, 1.54) is 18.2 Å². The number of benzene rings is 2. The summed E-state index contributed by atoms with van der Waals surface area (Å²) < 4.78 is 27.6. The maximum Gasteiger partial charge on any atom is 0.312 e. The summed E-state index contributed by atoms with van der Waals surface area (Å²) in [5.74, 6) is -0.429. The van der Waals surface area contributed by atoms with Crippen molar-refractivity contribution in [2.24, 2.45) is 5.73 Å². The largest absolute Gasteiger partial charge is 0.352 e. The van der Waals surface area contributed by atoms with Crippen LogP contribution in [-0.2, 0) is 14.8 Å². The molecule has 0 bridgehead atoms. The molecule has 0 unspecified atom stereocenters. The molecule has 2 aromatic rings. The van der Waals surface area contributed by atoms with E-state index < -0.39 is 28.0 Å². The van der Waals surface area contributed by atoms with Gasteiger partial charge in [-0.1, -0.05) is 37.6 Å². The molecular formula is C19H24N4O4S. The number of hydrogen-bond acceptors (Lipinski definition) is 4. The van der Waals surface area contributed by atoms with Gasteiger partial charge >= 0.3 is 6.03 Å². The van der Waals surface area contributed by atoms with E-state index in [0.717, 1.165) is 0 Å². The molecule has 28 heavy (non-hydrogen) atoms. The van der Waals surface area contributed by atoms with Crippen LogP contribution in [0.25, 0.3) is 0 Å². The van der Waals surface area contributed by atoms with E-state index in [4.69, 9.17) is 5.73 Å². The zero-order valence-electron chi connectivity index (χ0n) is 15.7. The second kappa shape index (κ2) is 9.23. The number of urea groups is 1. The first-order valence-electron chi connectivity index (χ1n) is 8.78. The molecule has 8 nitrogen and oxygen atoms in total. The van der Waals surface area contributed by atoms with Gasteiger partial charge in [0.25, 0.3) is 10.0 Å². The fourth-order valence-corrected chi connectivity index (χ4v) is 3.71. The topological polar surface area (TPSA) is 130 Å². The number of nitrogens with two attached hydrogens (primary N) is 1. The second-order valence-corrected chi connectivity index (χ2v) is 7.97. The first-order chi connectivity index (χ1) is 13.2. The smallest absolute Gasteiger partial charge is 0.312 e. The van der Waals surface area contributed by atoms with Crippen LogP contribution in [-0.4, -0.2) is 26.4 Å². The quantitative estimate of drug-likeness (QED) is 0.538. The standard InChI is InChI=1S/C19H24N4O4S/c1-3-7-16(22-19(20)25)18(24)21-14-11-10-13(2)17(12-14)23-28(26,27)15-8-5-4-6-9-15/h4-6,8-12,16,23H,3,7H2,1-2H3,(H,21,24)(H3,20,22,25)/t16-/m0/s1. The normalized spacial score (nSPS) is 12.1. The molecule has 9 heteroatoms. The van der Waals surface area contributed by atoms with E-state index in [1.54, 1.807) is 37.3 Å². The minimum absolute atomic E-state index is 0.137. The Labute approximate surface area is 164 Å². The SMILES string of the molecule is CCC[C@H](NC(N)=O)C(=O)Nc1ccc(C)c(NS(=O)(=O)c2ccccc2)c1. The number of aryl methyl sites for hydroxylation is 1. The number of hydrogen-bond donors (Lipinski definition) is 4. The average molecular weight is 404 g/mol. The van der Waals surface area contributed by atoms with Crippen LogP contribution >= 0.6 is 0 Å². The minimum atomic E-state index is -3.76. The van der Waals surface area contributed by atoms with E-state index in [0.29, 0.717) is 29.8 Å². The molecule has 0 saturated heterocycles. The molecule has 0 saturated carbocycles. The fourth-order valence-electron chi connectivity index (χ4n) is 2.57. The number of amides is 3. The molecule has 2 rings (SSSR count). The van der Waals surface area contributed by atoms with E-state index in [1.807, 2.05) is 6.92 Å². The van der Waals surface area contributed by atoms with Gasteiger partial charge < -0.3 is 16.4 Å². The Morgan fingerprint density at radius 2 is 1.79 bits per heavy atom. The van der Waals surface area contributed by atoms with Crippen LogP contribution < -0.4 is 21.1 Å². The predicted molar refractivity (Wildman–Crippen MR) is 108 cm³/mol. The van der Waals surface area contributed by atoms with Crippen molar-refractivity contribution in [2.75, 3.05) is 10.0 Å². The first kappa shape index (κ1) is 21.2. The van der Waals surface area contributed by atoms with E-state index >= 15 is 0 Å². The van der Waals surface area contributed by atoms with Gasteiger partial charge in [0.2, 0.25) is 5.91 Å². The van der Waals surface area contributed by atoms with E-state index in [9.17, 15) is 18.0 Å². The number of carbonyl (C=O) groups excluding carboxylic acids is 2. The highest BCUT2D eigenvalue weighted by atomic mass is 32.2. The molecule has 0 spiro atoms. The lowest BCUT2D eigenvalue weighted by Crippen LogP contribution is -2.46. The lowest BCUT2D eigenvalue weighted by atomic mass is 10.1. The molecule has 0 aromatic heterocycles. The average Bonchev–Trinajstić information content (AvgIpc) is 2.64. The molecule has 2 aromatic carbocycles. The Balaban J connectivity index is 2.21. The van der Waals surface area contributed by atoms with Crippen LogP contribution in [0.1, 0.15) is 25.3 Å². The lowest BCUT2D eigenvalue weighted by molar-refractivity contribution is -0.118. The van der Waals surface area contributed by atoms with E-state index in [-0.39, 0.29) is 4.90 Å². The van der Waals surface area contributed by atoms with Crippen molar-refractivity contribution in [3.63, 3.8) is 0 Å². The molecule has 0 aliphatic carbocycles. The van der Waals surface area contributed by atoms with Gasteiger partial charge in [-0.25, -0.2) is 13.2 Å². The van der Waals surface area contributed by atoms with Crippen molar-refractivity contribution in [3.8, 4) is 0 Å². The lowest BCUT2D eigenvalue weighted by Gasteiger charge is -2.17. The molecule has 1 atom stereocenters. The Hall–Kier alpha value is -3.07. The van der Waals surface area contributed by atoms with Crippen LogP contribution in [0.5, 0.6) is 0 Å².